The first-order chi connectivity index (χ1) is 49.1. The molecule has 4 atom stereocenters. The van der Waals surface area contributed by atoms with Gasteiger partial charge in [-0.05, 0) is 79.0 Å². The van der Waals surface area contributed by atoms with E-state index >= 15 is 0 Å². The second kappa shape index (κ2) is 39.3. The van der Waals surface area contributed by atoms with Gasteiger partial charge in [0.05, 0.1) is 168 Å². The van der Waals surface area contributed by atoms with E-state index in [4.69, 9.17) is 66.8 Å². The number of imide groups is 1. The molecule has 0 bridgehead atoms. The van der Waals surface area contributed by atoms with Gasteiger partial charge >= 0.3 is 0 Å². The van der Waals surface area contributed by atoms with Gasteiger partial charge in [0.2, 0.25) is 23.6 Å². The molecule has 3 aromatic carbocycles. The summed E-state index contributed by atoms with van der Waals surface area (Å²) in [6, 6.07) is 11.7. The summed E-state index contributed by atoms with van der Waals surface area (Å²) in [4.78, 5) is 116. The lowest BCUT2D eigenvalue weighted by molar-refractivity contribution is -0.137. The fraction of sp³-hybridized carbons (Fsp3) is 0.528. The molecule has 1 saturated carbocycles. The van der Waals surface area contributed by atoms with Crippen LogP contribution < -0.4 is 40.2 Å². The molecule has 3 aromatic rings. The van der Waals surface area contributed by atoms with Crippen LogP contribution in [0.2, 0.25) is 0 Å². The molecule has 1 fully saturated rings. The van der Waals surface area contributed by atoms with Gasteiger partial charge in [-0.1, -0.05) is 26.0 Å². The number of hydrogen-bond donors (Lipinski definition) is 4. The molecule has 9 rings (SSSR count). The molecular formula is C72H93N9O20. The van der Waals surface area contributed by atoms with Gasteiger partial charge in [-0.15, -0.1) is 0 Å². The number of methoxy groups -OCH3 is 2. The zero-order valence-corrected chi connectivity index (χ0v) is 58.0. The van der Waals surface area contributed by atoms with Crippen molar-refractivity contribution >= 4 is 82.3 Å². The summed E-state index contributed by atoms with van der Waals surface area (Å²) in [6.45, 7) is 11.7. The maximum atomic E-state index is 14.1. The SMILES string of the molecule is COc1cc2c(cc1OCCCOc1cc3c(cc1OC)C(=O)N1C=C(c4ccc(NC(=O)[C@H](C)NC(=O)[C@@H](NC(=O)CCOCCOCCOCCOCCOCCOCCOCCOCCNC(=O)CCN5C(=O)C=CC5=O)C(C)C)cc4)C[C@H]1C=N3)N=CC1CC(C3CC3)=CN1C2=O. The predicted molar refractivity (Wildman–Crippen MR) is 370 cm³/mol. The number of carbonyl (C=O) groups excluding carboxylic acids is 8. The van der Waals surface area contributed by atoms with Gasteiger partial charge in [0.15, 0.2) is 23.0 Å². The van der Waals surface area contributed by atoms with Gasteiger partial charge in [0.1, 0.15) is 12.1 Å². The molecule has 101 heavy (non-hydrogen) atoms. The Morgan fingerprint density at radius 2 is 1.02 bits per heavy atom. The van der Waals surface area contributed by atoms with Crippen molar-refractivity contribution in [2.75, 3.05) is 152 Å². The average Bonchev–Trinajstić information content (AvgIpc) is 1.69. The van der Waals surface area contributed by atoms with Crippen LogP contribution in [-0.2, 0) is 66.7 Å². The van der Waals surface area contributed by atoms with Crippen molar-refractivity contribution in [2.24, 2.45) is 21.8 Å². The van der Waals surface area contributed by atoms with Crippen LogP contribution in [0.25, 0.3) is 5.57 Å². The van der Waals surface area contributed by atoms with E-state index in [-0.39, 0.29) is 87.4 Å². The summed E-state index contributed by atoms with van der Waals surface area (Å²) < 4.78 is 67.7. The molecule has 0 radical (unpaired) electrons. The molecule has 0 aromatic heterocycles. The average molecular weight is 1400 g/mol. The number of aliphatic imine (C=N–C) groups is 2. The van der Waals surface area contributed by atoms with Gasteiger partial charge in [-0.2, -0.15) is 0 Å². The van der Waals surface area contributed by atoms with Crippen LogP contribution in [0.3, 0.4) is 0 Å². The summed E-state index contributed by atoms with van der Waals surface area (Å²) in [5, 5.41) is 11.0. The minimum absolute atomic E-state index is 0.0148. The predicted octanol–water partition coefficient (Wildman–Crippen LogP) is 5.29. The molecular weight excluding hydrogens is 1310 g/mol. The molecule has 0 saturated heterocycles. The molecule has 1 aliphatic carbocycles. The number of nitrogens with zero attached hydrogens (tertiary/aromatic N) is 5. The minimum Gasteiger partial charge on any atom is -0.493 e. The number of rotatable bonds is 46. The number of carbonyl (C=O) groups is 8. The van der Waals surface area contributed by atoms with Gasteiger partial charge in [0, 0.05) is 93.6 Å². The van der Waals surface area contributed by atoms with Crippen molar-refractivity contribution in [3.63, 3.8) is 0 Å². The zero-order chi connectivity index (χ0) is 71.5. The van der Waals surface area contributed by atoms with Crippen molar-refractivity contribution < 1.29 is 95.2 Å². The molecule has 0 spiro atoms. The standard InChI is InChI=1S/C72H93N9O20/c1-47(2)68(78-65(83)16-21-92-23-25-94-27-29-96-31-33-98-35-36-99-34-32-97-30-28-95-26-24-93-22-17-73-64(82)15-18-79-66(84)13-14-67(79)85)70(87)76-48(3)69(86)77-53-11-9-50(10-12-53)52-38-55-44-75-59-42-63(61(91-5)40-57(59)72(89)81(55)46-52)101-20-6-19-100-62-41-58-56(39-60(62)90-4)71(88)80-45-51(49-7-8-49)37-54(80)43-74-58/h9-14,39-49,54-55,68H,6-8,15-38H2,1-5H3,(H,73,82)(H,76,87)(H,77,86)(H,78,83)/t48-,54?,55-,68-/m0/s1. The topological polar surface area (TPSA) is 330 Å². The number of anilines is 1. The largest absolute Gasteiger partial charge is 0.493 e. The van der Waals surface area contributed by atoms with Crippen molar-refractivity contribution in [1.82, 2.24) is 30.7 Å². The fourth-order valence-corrected chi connectivity index (χ4v) is 11.3. The quantitative estimate of drug-likeness (QED) is 0.0412. The number of amides is 8. The smallest absolute Gasteiger partial charge is 0.260 e. The monoisotopic (exact) mass is 1400 g/mol. The number of fused-ring (bicyclic) bond motifs is 4. The molecule has 4 N–H and O–H groups in total. The van der Waals surface area contributed by atoms with Gasteiger partial charge < -0.3 is 87.9 Å². The molecule has 546 valence electrons. The van der Waals surface area contributed by atoms with E-state index < -0.39 is 35.7 Å². The van der Waals surface area contributed by atoms with Gasteiger partial charge in [0.25, 0.3) is 23.6 Å². The molecule has 5 aliphatic heterocycles. The van der Waals surface area contributed by atoms with Gasteiger partial charge in [-0.3, -0.25) is 53.2 Å². The van der Waals surface area contributed by atoms with Crippen molar-refractivity contribution in [3.05, 3.63) is 95.3 Å². The van der Waals surface area contributed by atoms with Crippen LogP contribution in [0.5, 0.6) is 23.0 Å². The van der Waals surface area contributed by atoms with Crippen molar-refractivity contribution in [1.29, 1.82) is 0 Å². The normalized spacial score (nSPS) is 17.2. The van der Waals surface area contributed by atoms with E-state index in [1.54, 1.807) is 73.2 Å². The highest BCUT2D eigenvalue weighted by Crippen LogP contribution is 2.45. The Morgan fingerprint density at radius 1 is 0.535 bits per heavy atom. The first-order valence-electron chi connectivity index (χ1n) is 34.4. The first kappa shape index (κ1) is 76.2. The maximum Gasteiger partial charge on any atom is 0.260 e. The number of hydrogen-bond acceptors (Lipinski definition) is 22. The van der Waals surface area contributed by atoms with Crippen LogP contribution in [0, 0.1) is 11.8 Å². The van der Waals surface area contributed by atoms with Crippen LogP contribution in [0.4, 0.5) is 17.1 Å². The Morgan fingerprint density at radius 3 is 1.51 bits per heavy atom. The second-order valence-corrected chi connectivity index (χ2v) is 24.7. The van der Waals surface area contributed by atoms with E-state index in [1.807, 2.05) is 30.7 Å². The van der Waals surface area contributed by atoms with E-state index in [0.717, 1.165) is 22.5 Å². The Kier molecular flexibility index (Phi) is 29.7. The third kappa shape index (κ3) is 22.8. The first-order valence-corrected chi connectivity index (χ1v) is 34.4. The fourth-order valence-electron chi connectivity index (χ4n) is 11.3. The molecule has 29 nitrogen and oxygen atoms in total. The highest BCUT2D eigenvalue weighted by molar-refractivity contribution is 6.13. The van der Waals surface area contributed by atoms with E-state index in [0.29, 0.717) is 169 Å². The summed E-state index contributed by atoms with van der Waals surface area (Å²) in [7, 11) is 3.05. The second-order valence-electron chi connectivity index (χ2n) is 24.7. The van der Waals surface area contributed by atoms with E-state index in [1.165, 1.54) is 44.8 Å². The van der Waals surface area contributed by atoms with Crippen LogP contribution >= 0.6 is 0 Å². The number of ether oxygens (including phenoxy) is 12. The number of benzene rings is 3. The van der Waals surface area contributed by atoms with Gasteiger partial charge in [-0.25, -0.2) is 0 Å². The van der Waals surface area contributed by atoms with Crippen LogP contribution in [0.1, 0.15) is 92.0 Å². The third-order valence-corrected chi connectivity index (χ3v) is 17.0. The Labute approximate surface area is 587 Å². The van der Waals surface area contributed by atoms with Crippen molar-refractivity contribution in [2.45, 2.75) is 89.9 Å². The molecule has 5 heterocycles. The van der Waals surface area contributed by atoms with Crippen LogP contribution in [0.15, 0.2) is 88.6 Å². The lowest BCUT2D eigenvalue weighted by Gasteiger charge is -2.24. The molecule has 1 unspecified atom stereocenters. The highest BCUT2D eigenvalue weighted by Gasteiger charge is 2.39. The Bertz CT molecular complexity index is 3500. The summed E-state index contributed by atoms with van der Waals surface area (Å²) in [6.07, 6.45) is 14.0. The van der Waals surface area contributed by atoms with E-state index in [9.17, 15) is 38.4 Å². The molecule has 29 heteroatoms. The highest BCUT2D eigenvalue weighted by atomic mass is 16.6. The molecule has 8 amide bonds. The summed E-state index contributed by atoms with van der Waals surface area (Å²) in [5.41, 5.74) is 5.33. The summed E-state index contributed by atoms with van der Waals surface area (Å²) >= 11 is 0. The third-order valence-electron chi connectivity index (χ3n) is 17.0. The Balaban J connectivity index is 0.570. The molecule has 6 aliphatic rings. The zero-order valence-electron chi connectivity index (χ0n) is 58.0. The Hall–Kier alpha value is -8.94. The lowest BCUT2D eigenvalue weighted by Crippen LogP contribution is -2.53. The van der Waals surface area contributed by atoms with E-state index in [2.05, 4.69) is 21.3 Å². The van der Waals surface area contributed by atoms with Crippen LogP contribution in [-0.4, -0.2) is 245 Å². The number of nitrogens with one attached hydrogen (secondary N) is 4. The lowest BCUT2D eigenvalue weighted by atomic mass is 10.0. The maximum absolute atomic E-state index is 14.1. The van der Waals surface area contributed by atoms with Crippen molar-refractivity contribution in [3.8, 4) is 23.0 Å². The minimum atomic E-state index is -0.938. The summed E-state index contributed by atoms with van der Waals surface area (Å²) in [5.74, 6) is -0.819.